The van der Waals surface area contributed by atoms with Gasteiger partial charge in [-0.15, -0.1) is 0 Å². The molecule has 0 radical (unpaired) electrons. The molecule has 1 atom stereocenters. The van der Waals surface area contributed by atoms with Gasteiger partial charge in [0.15, 0.2) is 0 Å². The lowest BCUT2D eigenvalue weighted by Crippen LogP contribution is -2.45. The van der Waals surface area contributed by atoms with Crippen LogP contribution in [0.4, 0.5) is 10.7 Å². The minimum atomic E-state index is -0.486. The maximum atomic E-state index is 12.1. The standard InChI is InChI=1S/C26H32N4O2/c1-18(28-25(31)32-26(2,3)4)19-12-15-30(16-13-19)24-27-14-11-23(29-24)22-10-9-20-7-5-6-8-21(20)17-22/h5-11,14,17-19H,12-13,15-16H2,1-4H3,(H,28,31)/t18-/m0/s1. The van der Waals surface area contributed by atoms with Crippen LogP contribution in [0.5, 0.6) is 0 Å². The molecule has 1 amide bonds. The largest absolute Gasteiger partial charge is 0.444 e. The Kier molecular flexibility index (Phi) is 6.31. The van der Waals surface area contributed by atoms with Crippen molar-refractivity contribution >= 4 is 22.8 Å². The zero-order chi connectivity index (χ0) is 22.7. The van der Waals surface area contributed by atoms with Crippen molar-refractivity contribution in [2.75, 3.05) is 18.0 Å². The van der Waals surface area contributed by atoms with Gasteiger partial charge in [0.1, 0.15) is 5.60 Å². The predicted octanol–water partition coefficient (Wildman–Crippen LogP) is 5.43. The molecule has 1 N–H and O–H groups in total. The number of carbonyl (C=O) groups excluding carboxylic acids is 1. The van der Waals surface area contributed by atoms with Crippen LogP contribution in [0.1, 0.15) is 40.5 Å². The van der Waals surface area contributed by atoms with Crippen LogP contribution in [0.15, 0.2) is 54.7 Å². The third-order valence-corrected chi connectivity index (χ3v) is 5.96. The molecule has 1 aliphatic rings. The van der Waals surface area contributed by atoms with Crippen LogP contribution in [-0.4, -0.2) is 40.8 Å². The highest BCUT2D eigenvalue weighted by atomic mass is 16.6. The summed E-state index contributed by atoms with van der Waals surface area (Å²) in [5.74, 6) is 1.17. The molecule has 2 heterocycles. The van der Waals surface area contributed by atoms with Crippen molar-refractivity contribution < 1.29 is 9.53 Å². The van der Waals surface area contributed by atoms with Gasteiger partial charge < -0.3 is 15.0 Å². The van der Waals surface area contributed by atoms with Crippen molar-refractivity contribution in [3.8, 4) is 11.3 Å². The van der Waals surface area contributed by atoms with Gasteiger partial charge in [-0.05, 0) is 69.4 Å². The maximum absolute atomic E-state index is 12.1. The van der Waals surface area contributed by atoms with E-state index in [1.165, 1.54) is 10.8 Å². The summed E-state index contributed by atoms with van der Waals surface area (Å²) in [4.78, 5) is 23.7. The molecule has 6 nitrogen and oxygen atoms in total. The van der Waals surface area contributed by atoms with Crippen LogP contribution in [0, 0.1) is 5.92 Å². The number of rotatable bonds is 4. The van der Waals surface area contributed by atoms with E-state index in [2.05, 4.69) is 64.6 Å². The molecule has 0 bridgehead atoms. The number of hydrogen-bond donors (Lipinski definition) is 1. The number of amides is 1. The molecule has 0 aliphatic carbocycles. The Morgan fingerprint density at radius 1 is 1.09 bits per heavy atom. The fourth-order valence-electron chi connectivity index (χ4n) is 4.22. The molecule has 4 rings (SSSR count). The minimum absolute atomic E-state index is 0.0665. The normalized spacial score (nSPS) is 16.1. The summed E-state index contributed by atoms with van der Waals surface area (Å²) in [5, 5.41) is 5.42. The average Bonchev–Trinajstić information content (AvgIpc) is 2.77. The Balaban J connectivity index is 1.39. The Bertz CT molecular complexity index is 1080. The van der Waals surface area contributed by atoms with Crippen molar-refractivity contribution in [1.29, 1.82) is 0 Å². The first kappa shape index (κ1) is 22.1. The molecule has 0 spiro atoms. The average molecular weight is 433 g/mol. The van der Waals surface area contributed by atoms with Gasteiger partial charge in [-0.25, -0.2) is 14.8 Å². The molecular weight excluding hydrogens is 400 g/mol. The molecule has 1 aliphatic heterocycles. The Morgan fingerprint density at radius 2 is 1.81 bits per heavy atom. The Labute approximate surface area is 190 Å². The summed E-state index contributed by atoms with van der Waals surface area (Å²) < 4.78 is 5.39. The van der Waals surface area contributed by atoms with Crippen molar-refractivity contribution in [2.45, 2.75) is 52.2 Å². The molecule has 2 aromatic carbocycles. The van der Waals surface area contributed by atoms with Crippen molar-refractivity contribution in [3.05, 3.63) is 54.7 Å². The lowest BCUT2D eigenvalue weighted by molar-refractivity contribution is 0.0487. The monoisotopic (exact) mass is 432 g/mol. The number of piperidine rings is 1. The quantitative estimate of drug-likeness (QED) is 0.596. The highest BCUT2D eigenvalue weighted by Gasteiger charge is 2.27. The number of hydrogen-bond acceptors (Lipinski definition) is 5. The number of ether oxygens (including phenoxy) is 1. The fourth-order valence-corrected chi connectivity index (χ4v) is 4.22. The SMILES string of the molecule is C[C@H](NC(=O)OC(C)(C)C)C1CCN(c2nccc(-c3ccc4ccccc4c3)n2)CC1. The molecule has 0 saturated carbocycles. The Hall–Kier alpha value is -3.15. The number of nitrogens with one attached hydrogen (secondary N) is 1. The smallest absolute Gasteiger partial charge is 0.407 e. The minimum Gasteiger partial charge on any atom is -0.444 e. The topological polar surface area (TPSA) is 67.3 Å². The van der Waals surface area contributed by atoms with Gasteiger partial charge in [0, 0.05) is 30.9 Å². The highest BCUT2D eigenvalue weighted by molar-refractivity contribution is 5.86. The first-order valence-electron chi connectivity index (χ1n) is 11.4. The summed E-state index contributed by atoms with van der Waals surface area (Å²) in [6, 6.07) is 16.8. The first-order valence-corrected chi connectivity index (χ1v) is 11.4. The van der Waals surface area contributed by atoms with E-state index in [0.717, 1.165) is 43.1 Å². The van der Waals surface area contributed by atoms with Crippen molar-refractivity contribution in [1.82, 2.24) is 15.3 Å². The van der Waals surface area contributed by atoms with Crippen LogP contribution in [-0.2, 0) is 4.74 Å². The van der Waals surface area contributed by atoms with E-state index in [0.29, 0.717) is 5.92 Å². The molecule has 0 unspecified atom stereocenters. The number of nitrogens with zero attached hydrogens (tertiary/aromatic N) is 3. The molecule has 6 heteroatoms. The summed E-state index contributed by atoms with van der Waals surface area (Å²) in [6.45, 7) is 9.42. The van der Waals surface area contributed by atoms with E-state index in [1.54, 1.807) is 0 Å². The molecule has 168 valence electrons. The fraction of sp³-hybridized carbons (Fsp3) is 0.423. The van der Waals surface area contributed by atoms with E-state index < -0.39 is 5.60 Å². The lowest BCUT2D eigenvalue weighted by atomic mass is 9.90. The zero-order valence-corrected chi connectivity index (χ0v) is 19.3. The lowest BCUT2D eigenvalue weighted by Gasteiger charge is -2.35. The van der Waals surface area contributed by atoms with Crippen LogP contribution in [0.3, 0.4) is 0 Å². The van der Waals surface area contributed by atoms with Crippen molar-refractivity contribution in [2.24, 2.45) is 5.92 Å². The van der Waals surface area contributed by atoms with Gasteiger partial charge in [0.2, 0.25) is 5.95 Å². The number of aromatic nitrogens is 2. The van der Waals surface area contributed by atoms with Crippen molar-refractivity contribution in [3.63, 3.8) is 0 Å². The second kappa shape index (κ2) is 9.15. The Morgan fingerprint density at radius 3 is 2.53 bits per heavy atom. The van der Waals surface area contributed by atoms with E-state index in [4.69, 9.17) is 9.72 Å². The third-order valence-electron chi connectivity index (χ3n) is 5.96. The second-order valence-electron chi connectivity index (χ2n) is 9.56. The van der Waals surface area contributed by atoms with Gasteiger partial charge in [0.05, 0.1) is 5.69 Å². The number of benzene rings is 2. The summed E-state index contributed by atoms with van der Waals surface area (Å²) in [5.41, 5.74) is 1.54. The van der Waals surface area contributed by atoms with Crippen LogP contribution in [0.25, 0.3) is 22.0 Å². The van der Waals surface area contributed by atoms with Gasteiger partial charge in [-0.2, -0.15) is 0 Å². The summed E-state index contributed by atoms with van der Waals surface area (Å²) in [6.07, 6.45) is 3.44. The van der Waals surface area contributed by atoms with Gasteiger partial charge in [-0.3, -0.25) is 0 Å². The summed E-state index contributed by atoms with van der Waals surface area (Å²) >= 11 is 0. The van der Waals surface area contributed by atoms with E-state index >= 15 is 0 Å². The number of carbonyl (C=O) groups is 1. The predicted molar refractivity (Wildman–Crippen MR) is 129 cm³/mol. The van der Waals surface area contributed by atoms with Gasteiger partial charge in [0.25, 0.3) is 0 Å². The first-order chi connectivity index (χ1) is 15.3. The number of anilines is 1. The molecule has 1 aromatic heterocycles. The number of fused-ring (bicyclic) bond motifs is 1. The molecule has 1 fully saturated rings. The molecule has 1 saturated heterocycles. The maximum Gasteiger partial charge on any atom is 0.407 e. The molecule has 32 heavy (non-hydrogen) atoms. The van der Waals surface area contributed by atoms with E-state index in [9.17, 15) is 4.79 Å². The number of alkyl carbamates (subject to hydrolysis) is 1. The third kappa shape index (κ3) is 5.36. The second-order valence-corrected chi connectivity index (χ2v) is 9.56. The van der Waals surface area contributed by atoms with Crippen LogP contribution in [0.2, 0.25) is 0 Å². The molecule has 3 aromatic rings. The zero-order valence-electron chi connectivity index (χ0n) is 19.3. The highest BCUT2D eigenvalue weighted by Crippen LogP contribution is 2.27. The van der Waals surface area contributed by atoms with Crippen LogP contribution < -0.4 is 10.2 Å². The van der Waals surface area contributed by atoms with E-state index in [1.807, 2.05) is 33.0 Å². The summed E-state index contributed by atoms with van der Waals surface area (Å²) in [7, 11) is 0. The molecular formula is C26H32N4O2. The van der Waals surface area contributed by atoms with Gasteiger partial charge in [-0.1, -0.05) is 36.4 Å². The van der Waals surface area contributed by atoms with E-state index in [-0.39, 0.29) is 12.1 Å². The van der Waals surface area contributed by atoms with Gasteiger partial charge >= 0.3 is 6.09 Å². The van der Waals surface area contributed by atoms with Crippen LogP contribution >= 0.6 is 0 Å².